The van der Waals surface area contributed by atoms with Crippen LogP contribution in [0.1, 0.15) is 11.1 Å². The van der Waals surface area contributed by atoms with Gasteiger partial charge < -0.3 is 4.74 Å². The van der Waals surface area contributed by atoms with Gasteiger partial charge in [-0.25, -0.2) is 0 Å². The molecule has 1 aliphatic heterocycles. The largest absolute Gasteiger partial charge is 0.497 e. The summed E-state index contributed by atoms with van der Waals surface area (Å²) in [7, 11) is 0.161. The highest BCUT2D eigenvalue weighted by atomic mass is 28.3. The molecule has 0 saturated carbocycles. The first-order valence-corrected chi connectivity index (χ1v) is 9.59. The SMILES string of the molecule is COc1cccc(C2=Cc3ccccc3[Si]2(C)C)c1. The van der Waals surface area contributed by atoms with Crippen molar-refractivity contribution in [3.8, 4) is 5.75 Å². The smallest absolute Gasteiger partial charge is 0.119 e. The highest BCUT2D eigenvalue weighted by molar-refractivity contribution is 7.07. The van der Waals surface area contributed by atoms with Crippen LogP contribution in [-0.2, 0) is 0 Å². The molecule has 2 aromatic carbocycles. The van der Waals surface area contributed by atoms with E-state index in [1.165, 1.54) is 21.5 Å². The minimum Gasteiger partial charge on any atom is -0.497 e. The molecule has 0 radical (unpaired) electrons. The fourth-order valence-corrected chi connectivity index (χ4v) is 5.98. The number of hydrogen-bond donors (Lipinski definition) is 0. The molecule has 0 spiro atoms. The van der Waals surface area contributed by atoms with Crippen LogP contribution in [0.25, 0.3) is 11.3 Å². The number of methoxy groups -OCH3 is 1. The monoisotopic (exact) mass is 266 g/mol. The Bertz CT molecular complexity index is 656. The first-order chi connectivity index (χ1) is 9.13. The van der Waals surface area contributed by atoms with E-state index in [0.29, 0.717) is 0 Å². The van der Waals surface area contributed by atoms with Crippen molar-refractivity contribution in [1.82, 2.24) is 0 Å². The summed E-state index contributed by atoms with van der Waals surface area (Å²) in [4.78, 5) is 0. The maximum absolute atomic E-state index is 5.35. The Balaban J connectivity index is 2.12. The average molecular weight is 266 g/mol. The van der Waals surface area contributed by atoms with E-state index in [2.05, 4.69) is 61.6 Å². The van der Waals surface area contributed by atoms with Crippen molar-refractivity contribution in [2.24, 2.45) is 0 Å². The zero-order chi connectivity index (χ0) is 13.5. The van der Waals surface area contributed by atoms with Crippen molar-refractivity contribution < 1.29 is 4.74 Å². The summed E-state index contributed by atoms with van der Waals surface area (Å²) in [5, 5.41) is 3.03. The Morgan fingerprint density at radius 2 is 1.74 bits per heavy atom. The fraction of sp³-hybridized carbons (Fsp3) is 0.176. The van der Waals surface area contributed by atoms with Crippen LogP contribution in [0.5, 0.6) is 5.75 Å². The number of fused-ring (bicyclic) bond motifs is 1. The lowest BCUT2D eigenvalue weighted by Gasteiger charge is -2.22. The van der Waals surface area contributed by atoms with Gasteiger partial charge >= 0.3 is 0 Å². The zero-order valence-electron chi connectivity index (χ0n) is 11.6. The molecule has 1 aliphatic rings. The van der Waals surface area contributed by atoms with Crippen LogP contribution in [-0.4, -0.2) is 15.2 Å². The van der Waals surface area contributed by atoms with Gasteiger partial charge in [-0.3, -0.25) is 0 Å². The van der Waals surface area contributed by atoms with E-state index >= 15 is 0 Å². The Kier molecular flexibility index (Phi) is 2.83. The van der Waals surface area contributed by atoms with Crippen LogP contribution in [0.3, 0.4) is 0 Å². The fourth-order valence-electron chi connectivity index (χ4n) is 2.91. The Morgan fingerprint density at radius 3 is 2.47 bits per heavy atom. The van der Waals surface area contributed by atoms with E-state index < -0.39 is 8.07 Å². The molecule has 2 heteroatoms. The van der Waals surface area contributed by atoms with Crippen molar-refractivity contribution >= 4 is 24.5 Å². The van der Waals surface area contributed by atoms with Crippen LogP contribution in [0, 0.1) is 0 Å². The van der Waals surface area contributed by atoms with Gasteiger partial charge in [0.2, 0.25) is 0 Å². The summed E-state index contributed by atoms with van der Waals surface area (Å²) in [6.07, 6.45) is 2.36. The Hall–Kier alpha value is -1.80. The normalized spacial score (nSPS) is 15.8. The first-order valence-electron chi connectivity index (χ1n) is 6.59. The molecule has 1 heterocycles. The second-order valence-electron chi connectivity index (χ2n) is 5.50. The van der Waals surface area contributed by atoms with Gasteiger partial charge in [-0.2, -0.15) is 0 Å². The Morgan fingerprint density at radius 1 is 0.947 bits per heavy atom. The zero-order valence-corrected chi connectivity index (χ0v) is 12.6. The summed E-state index contributed by atoms with van der Waals surface area (Å²) in [6.45, 7) is 4.84. The molecule has 1 nitrogen and oxygen atoms in total. The van der Waals surface area contributed by atoms with Gasteiger partial charge in [-0.1, -0.05) is 55.6 Å². The standard InChI is InChI=1S/C17H18OSi/c1-18-15-9-6-8-13(11-15)17-12-14-7-4-5-10-16(14)19(17,2)3/h4-12H,1-3H3. The van der Waals surface area contributed by atoms with Gasteiger partial charge in [-0.15, -0.1) is 0 Å². The molecule has 19 heavy (non-hydrogen) atoms. The molecule has 0 aliphatic carbocycles. The van der Waals surface area contributed by atoms with Crippen molar-refractivity contribution in [3.05, 3.63) is 59.7 Å². The molecular formula is C17H18OSi. The molecule has 0 unspecified atom stereocenters. The molecule has 0 amide bonds. The minimum atomic E-state index is -1.56. The topological polar surface area (TPSA) is 9.23 Å². The van der Waals surface area contributed by atoms with Gasteiger partial charge in [-0.05, 0) is 33.6 Å². The van der Waals surface area contributed by atoms with Crippen molar-refractivity contribution in [2.75, 3.05) is 7.11 Å². The highest BCUT2D eigenvalue weighted by Gasteiger charge is 2.35. The lowest BCUT2D eigenvalue weighted by molar-refractivity contribution is 0.414. The first kappa shape index (κ1) is 12.2. The van der Waals surface area contributed by atoms with E-state index in [9.17, 15) is 0 Å². The van der Waals surface area contributed by atoms with Crippen molar-refractivity contribution in [1.29, 1.82) is 0 Å². The Labute approximate surface area is 115 Å². The second kappa shape index (κ2) is 4.39. The van der Waals surface area contributed by atoms with E-state index in [-0.39, 0.29) is 0 Å². The maximum Gasteiger partial charge on any atom is 0.119 e. The quantitative estimate of drug-likeness (QED) is 0.753. The van der Waals surface area contributed by atoms with E-state index in [1.54, 1.807) is 7.11 Å². The molecule has 3 rings (SSSR count). The van der Waals surface area contributed by atoms with Crippen LogP contribution in [0.2, 0.25) is 13.1 Å². The second-order valence-corrected chi connectivity index (χ2v) is 9.83. The summed E-state index contributed by atoms with van der Waals surface area (Å²) in [5.41, 5.74) is 2.68. The summed E-state index contributed by atoms with van der Waals surface area (Å²) < 4.78 is 5.35. The van der Waals surface area contributed by atoms with E-state index in [0.717, 1.165) is 5.75 Å². The third-order valence-corrected chi connectivity index (χ3v) is 7.57. The summed E-state index contributed by atoms with van der Waals surface area (Å²) in [6, 6.07) is 17.2. The van der Waals surface area contributed by atoms with Gasteiger partial charge in [0.1, 0.15) is 13.8 Å². The molecule has 0 saturated heterocycles. The molecule has 0 aromatic heterocycles. The molecule has 0 bridgehead atoms. The number of ether oxygens (including phenoxy) is 1. The lowest BCUT2D eigenvalue weighted by Crippen LogP contribution is -2.40. The third-order valence-electron chi connectivity index (χ3n) is 3.99. The van der Waals surface area contributed by atoms with Crippen molar-refractivity contribution in [2.45, 2.75) is 13.1 Å². The lowest BCUT2D eigenvalue weighted by atomic mass is 10.1. The van der Waals surface area contributed by atoms with Crippen LogP contribution < -0.4 is 9.92 Å². The highest BCUT2D eigenvalue weighted by Crippen LogP contribution is 2.35. The van der Waals surface area contributed by atoms with Crippen LogP contribution in [0.15, 0.2) is 48.5 Å². The van der Waals surface area contributed by atoms with Gasteiger partial charge in [0.05, 0.1) is 7.11 Å². The predicted molar refractivity (Wildman–Crippen MR) is 84.4 cm³/mol. The summed E-state index contributed by atoms with van der Waals surface area (Å²) in [5.74, 6) is 0.930. The minimum absolute atomic E-state index is 0.930. The molecule has 96 valence electrons. The maximum atomic E-state index is 5.35. The van der Waals surface area contributed by atoms with Gasteiger partial charge in [0.25, 0.3) is 0 Å². The van der Waals surface area contributed by atoms with Crippen LogP contribution >= 0.6 is 0 Å². The summed E-state index contributed by atoms with van der Waals surface area (Å²) >= 11 is 0. The van der Waals surface area contributed by atoms with E-state index in [4.69, 9.17) is 4.74 Å². The molecule has 0 N–H and O–H groups in total. The van der Waals surface area contributed by atoms with Gasteiger partial charge in [0.15, 0.2) is 0 Å². The average Bonchev–Trinajstić information content (AvgIpc) is 2.71. The third kappa shape index (κ3) is 1.92. The number of benzene rings is 2. The molecule has 0 atom stereocenters. The number of rotatable bonds is 2. The predicted octanol–water partition coefficient (Wildman–Crippen LogP) is 3.70. The van der Waals surface area contributed by atoms with Crippen LogP contribution in [0.4, 0.5) is 0 Å². The van der Waals surface area contributed by atoms with Crippen molar-refractivity contribution in [3.63, 3.8) is 0 Å². The molecular weight excluding hydrogens is 248 g/mol. The van der Waals surface area contributed by atoms with E-state index in [1.807, 2.05) is 6.07 Å². The van der Waals surface area contributed by atoms with Gasteiger partial charge in [0, 0.05) is 0 Å². The molecule has 0 fully saturated rings. The number of hydrogen-bond acceptors (Lipinski definition) is 1. The molecule has 2 aromatic rings.